The summed E-state index contributed by atoms with van der Waals surface area (Å²) >= 11 is 1.95. The van der Waals surface area contributed by atoms with Gasteiger partial charge in [0.1, 0.15) is 0 Å². The Bertz CT molecular complexity index is 367. The molecule has 2 rings (SSSR count). The van der Waals surface area contributed by atoms with Gasteiger partial charge in [-0.1, -0.05) is 19.1 Å². The summed E-state index contributed by atoms with van der Waals surface area (Å²) in [6, 6.07) is 5.05. The van der Waals surface area contributed by atoms with Gasteiger partial charge in [-0.05, 0) is 57.2 Å². The molecule has 1 aliphatic carbocycles. The maximum Gasteiger partial charge on any atom is 0.0386 e. The molecule has 0 radical (unpaired) electrons. The van der Waals surface area contributed by atoms with Gasteiger partial charge in [-0.25, -0.2) is 0 Å². The molecule has 94 valence electrons. The Hall–Kier alpha value is -0.600. The molecule has 2 heteroatoms. The SMILES string of the molecule is CCc1ccc(C(C)NCC2CC=CCC2)s1. The second-order valence-electron chi connectivity index (χ2n) is 4.94. The van der Waals surface area contributed by atoms with E-state index < -0.39 is 0 Å². The smallest absolute Gasteiger partial charge is 0.0386 e. The molecular weight excluding hydrogens is 226 g/mol. The highest BCUT2D eigenvalue weighted by Crippen LogP contribution is 2.24. The van der Waals surface area contributed by atoms with Crippen LogP contribution in [0.3, 0.4) is 0 Å². The summed E-state index contributed by atoms with van der Waals surface area (Å²) in [5.74, 6) is 0.841. The van der Waals surface area contributed by atoms with Crippen LogP contribution in [-0.4, -0.2) is 6.54 Å². The summed E-state index contributed by atoms with van der Waals surface area (Å²) in [6.45, 7) is 5.66. The molecule has 1 aromatic rings. The highest BCUT2D eigenvalue weighted by atomic mass is 32.1. The number of hydrogen-bond donors (Lipinski definition) is 1. The monoisotopic (exact) mass is 249 g/mol. The Morgan fingerprint density at radius 1 is 1.41 bits per heavy atom. The second kappa shape index (κ2) is 6.36. The number of thiophene rings is 1. The first kappa shape index (κ1) is 12.8. The molecule has 1 aliphatic rings. The highest BCUT2D eigenvalue weighted by Gasteiger charge is 2.13. The number of aryl methyl sites for hydroxylation is 1. The minimum atomic E-state index is 0.506. The molecule has 0 spiro atoms. The molecule has 17 heavy (non-hydrogen) atoms. The van der Waals surface area contributed by atoms with Gasteiger partial charge in [0, 0.05) is 15.8 Å². The van der Waals surface area contributed by atoms with Crippen LogP contribution in [0.25, 0.3) is 0 Å². The fourth-order valence-corrected chi connectivity index (χ4v) is 3.28. The van der Waals surface area contributed by atoms with Crippen molar-refractivity contribution in [2.24, 2.45) is 5.92 Å². The van der Waals surface area contributed by atoms with Crippen LogP contribution in [0.2, 0.25) is 0 Å². The van der Waals surface area contributed by atoms with Crippen LogP contribution in [0, 0.1) is 5.92 Å². The zero-order valence-corrected chi connectivity index (χ0v) is 11.7. The molecule has 1 N–H and O–H groups in total. The van der Waals surface area contributed by atoms with Crippen LogP contribution in [-0.2, 0) is 6.42 Å². The first-order chi connectivity index (χ1) is 8.29. The average Bonchev–Trinajstić information content (AvgIpc) is 2.86. The van der Waals surface area contributed by atoms with Crippen molar-refractivity contribution in [2.45, 2.75) is 45.6 Å². The van der Waals surface area contributed by atoms with Crippen molar-refractivity contribution in [3.05, 3.63) is 34.0 Å². The molecule has 0 aromatic carbocycles. The molecule has 0 fully saturated rings. The first-order valence-corrected chi connectivity index (χ1v) is 7.58. The van der Waals surface area contributed by atoms with Gasteiger partial charge in [0.2, 0.25) is 0 Å². The quantitative estimate of drug-likeness (QED) is 0.766. The third kappa shape index (κ3) is 3.68. The van der Waals surface area contributed by atoms with E-state index in [1.807, 2.05) is 11.3 Å². The van der Waals surface area contributed by atoms with Crippen LogP contribution in [0.15, 0.2) is 24.3 Å². The van der Waals surface area contributed by atoms with Crippen LogP contribution in [0.5, 0.6) is 0 Å². The number of allylic oxidation sites excluding steroid dienone is 2. The molecule has 0 saturated heterocycles. The van der Waals surface area contributed by atoms with Gasteiger partial charge in [0.05, 0.1) is 0 Å². The lowest BCUT2D eigenvalue weighted by Crippen LogP contribution is -2.25. The Morgan fingerprint density at radius 2 is 2.29 bits per heavy atom. The number of hydrogen-bond acceptors (Lipinski definition) is 2. The predicted octanol–water partition coefficient (Wildman–Crippen LogP) is 4.32. The van der Waals surface area contributed by atoms with Crippen molar-refractivity contribution in [1.29, 1.82) is 0 Å². The summed E-state index contributed by atoms with van der Waals surface area (Å²) in [5.41, 5.74) is 0. The lowest BCUT2D eigenvalue weighted by molar-refractivity contribution is 0.417. The van der Waals surface area contributed by atoms with E-state index >= 15 is 0 Å². The van der Waals surface area contributed by atoms with Crippen LogP contribution >= 0.6 is 11.3 Å². The third-order valence-electron chi connectivity index (χ3n) is 3.55. The van der Waals surface area contributed by atoms with E-state index in [0.29, 0.717) is 6.04 Å². The molecule has 2 atom stereocenters. The number of nitrogens with one attached hydrogen (secondary N) is 1. The van der Waals surface area contributed by atoms with Gasteiger partial charge in [-0.15, -0.1) is 11.3 Å². The summed E-state index contributed by atoms with van der Waals surface area (Å²) in [4.78, 5) is 2.97. The van der Waals surface area contributed by atoms with Crippen molar-refractivity contribution in [2.75, 3.05) is 6.54 Å². The predicted molar refractivity (Wildman–Crippen MR) is 76.6 cm³/mol. The average molecular weight is 249 g/mol. The topological polar surface area (TPSA) is 12.0 Å². The molecule has 1 nitrogen and oxygen atoms in total. The van der Waals surface area contributed by atoms with E-state index in [0.717, 1.165) is 18.9 Å². The van der Waals surface area contributed by atoms with Gasteiger partial charge in [-0.3, -0.25) is 0 Å². The highest BCUT2D eigenvalue weighted by molar-refractivity contribution is 7.12. The van der Waals surface area contributed by atoms with E-state index in [2.05, 4.69) is 43.4 Å². The molecule has 0 saturated carbocycles. The van der Waals surface area contributed by atoms with Crippen molar-refractivity contribution in [3.63, 3.8) is 0 Å². The van der Waals surface area contributed by atoms with Gasteiger partial charge >= 0.3 is 0 Å². The van der Waals surface area contributed by atoms with Crippen molar-refractivity contribution in [3.8, 4) is 0 Å². The summed E-state index contributed by atoms with van der Waals surface area (Å²) < 4.78 is 0. The second-order valence-corrected chi connectivity index (χ2v) is 6.14. The minimum absolute atomic E-state index is 0.506. The molecule has 0 bridgehead atoms. The zero-order chi connectivity index (χ0) is 12.1. The van der Waals surface area contributed by atoms with Crippen molar-refractivity contribution >= 4 is 11.3 Å². The summed E-state index contributed by atoms with van der Waals surface area (Å²) in [6.07, 6.45) is 9.67. The lowest BCUT2D eigenvalue weighted by atomic mass is 9.94. The Morgan fingerprint density at radius 3 is 2.94 bits per heavy atom. The minimum Gasteiger partial charge on any atom is -0.309 e. The van der Waals surface area contributed by atoms with E-state index in [-0.39, 0.29) is 0 Å². The van der Waals surface area contributed by atoms with Crippen LogP contribution < -0.4 is 5.32 Å². The molecule has 2 unspecified atom stereocenters. The van der Waals surface area contributed by atoms with E-state index in [9.17, 15) is 0 Å². The van der Waals surface area contributed by atoms with E-state index in [1.54, 1.807) is 0 Å². The Labute approximate surface area is 109 Å². The molecule has 1 heterocycles. The Balaban J connectivity index is 1.80. The third-order valence-corrected chi connectivity index (χ3v) is 4.96. The summed E-state index contributed by atoms with van der Waals surface area (Å²) in [5, 5.41) is 3.68. The van der Waals surface area contributed by atoms with E-state index in [1.165, 1.54) is 29.0 Å². The van der Waals surface area contributed by atoms with E-state index in [4.69, 9.17) is 0 Å². The molecular formula is C15H23NS. The van der Waals surface area contributed by atoms with Gasteiger partial charge in [0.25, 0.3) is 0 Å². The normalized spacial score (nSPS) is 21.6. The van der Waals surface area contributed by atoms with Crippen LogP contribution in [0.4, 0.5) is 0 Å². The maximum atomic E-state index is 3.68. The zero-order valence-electron chi connectivity index (χ0n) is 10.9. The Kier molecular flexibility index (Phi) is 4.81. The van der Waals surface area contributed by atoms with Crippen molar-refractivity contribution < 1.29 is 0 Å². The molecule has 0 aliphatic heterocycles. The van der Waals surface area contributed by atoms with Crippen LogP contribution in [0.1, 0.15) is 48.9 Å². The largest absolute Gasteiger partial charge is 0.309 e. The van der Waals surface area contributed by atoms with Gasteiger partial charge in [-0.2, -0.15) is 0 Å². The standard InChI is InChI=1S/C15H23NS/c1-3-14-9-10-15(17-14)12(2)16-11-13-7-5-4-6-8-13/h4-5,9-10,12-13,16H,3,6-8,11H2,1-2H3. The summed E-state index contributed by atoms with van der Waals surface area (Å²) in [7, 11) is 0. The van der Waals surface area contributed by atoms with Crippen molar-refractivity contribution in [1.82, 2.24) is 5.32 Å². The fourth-order valence-electron chi connectivity index (χ4n) is 2.30. The molecule has 1 aromatic heterocycles. The fraction of sp³-hybridized carbons (Fsp3) is 0.600. The van der Waals surface area contributed by atoms with Gasteiger partial charge < -0.3 is 5.32 Å². The number of rotatable bonds is 5. The first-order valence-electron chi connectivity index (χ1n) is 6.76. The van der Waals surface area contributed by atoms with Gasteiger partial charge in [0.15, 0.2) is 0 Å². The molecule has 0 amide bonds. The maximum absolute atomic E-state index is 3.68. The lowest BCUT2D eigenvalue weighted by Gasteiger charge is -2.20.